The van der Waals surface area contributed by atoms with Crippen molar-refractivity contribution in [3.05, 3.63) is 35.9 Å². The van der Waals surface area contributed by atoms with Crippen LogP contribution >= 0.6 is 0 Å². The van der Waals surface area contributed by atoms with Crippen molar-refractivity contribution in [2.45, 2.75) is 75.7 Å². The van der Waals surface area contributed by atoms with Crippen LogP contribution in [0.4, 0.5) is 0 Å². The Hall–Kier alpha value is -1.39. The molecule has 0 radical (unpaired) electrons. The minimum absolute atomic E-state index is 0.0765. The average molecular weight is 343 g/mol. The highest BCUT2D eigenvalue weighted by atomic mass is 16.5. The van der Waals surface area contributed by atoms with Gasteiger partial charge in [0.25, 0.3) is 0 Å². The van der Waals surface area contributed by atoms with Crippen LogP contribution in [-0.2, 0) is 9.53 Å². The summed E-state index contributed by atoms with van der Waals surface area (Å²) < 4.78 is 6.17. The van der Waals surface area contributed by atoms with Gasteiger partial charge in [0.15, 0.2) is 0 Å². The van der Waals surface area contributed by atoms with E-state index in [4.69, 9.17) is 4.74 Å². The van der Waals surface area contributed by atoms with Crippen molar-refractivity contribution >= 4 is 5.91 Å². The van der Waals surface area contributed by atoms with Gasteiger partial charge >= 0.3 is 0 Å². The molecule has 4 nitrogen and oxygen atoms in total. The van der Waals surface area contributed by atoms with Gasteiger partial charge in [0.05, 0.1) is 24.9 Å². The van der Waals surface area contributed by atoms with Gasteiger partial charge in [-0.2, -0.15) is 0 Å². The number of likely N-dealkylation sites (tertiary alicyclic amines) is 1. The lowest BCUT2D eigenvalue weighted by molar-refractivity contribution is -0.136. The van der Waals surface area contributed by atoms with Crippen LogP contribution in [0.25, 0.3) is 0 Å². The molecule has 3 fully saturated rings. The number of hydrogen-bond donors (Lipinski definition) is 1. The molecule has 1 unspecified atom stereocenters. The predicted molar refractivity (Wildman–Crippen MR) is 96.2 cm³/mol. The first-order chi connectivity index (χ1) is 12.1. The van der Waals surface area contributed by atoms with Gasteiger partial charge in [-0.25, -0.2) is 0 Å². The maximum atomic E-state index is 12.0. The highest BCUT2D eigenvalue weighted by molar-refractivity contribution is 5.75. The van der Waals surface area contributed by atoms with E-state index in [-0.39, 0.29) is 30.0 Å². The summed E-state index contributed by atoms with van der Waals surface area (Å²) in [6.07, 6.45) is 6.36. The SMILES string of the molecule is CC(=O)N1[C@@H]2CC[C@@H]2C(O)[C@@H]1COC1CCC(c2ccccc2)CC1. The molecule has 1 aromatic rings. The molecular formula is C21H29NO3. The smallest absolute Gasteiger partial charge is 0.220 e. The van der Waals surface area contributed by atoms with Crippen molar-refractivity contribution in [3.8, 4) is 0 Å². The molecule has 2 saturated carbocycles. The fraction of sp³-hybridized carbons (Fsp3) is 0.667. The molecule has 0 spiro atoms. The fourth-order valence-corrected chi connectivity index (χ4v) is 5.12. The van der Waals surface area contributed by atoms with Crippen LogP contribution in [0.5, 0.6) is 0 Å². The third-order valence-corrected chi connectivity index (χ3v) is 6.65. The molecule has 3 aliphatic rings. The van der Waals surface area contributed by atoms with E-state index >= 15 is 0 Å². The van der Waals surface area contributed by atoms with Crippen molar-refractivity contribution in [2.24, 2.45) is 5.92 Å². The number of benzene rings is 1. The summed E-state index contributed by atoms with van der Waals surface area (Å²) in [4.78, 5) is 13.9. The zero-order chi connectivity index (χ0) is 17.4. The summed E-state index contributed by atoms with van der Waals surface area (Å²) in [6.45, 7) is 2.10. The second-order valence-corrected chi connectivity index (χ2v) is 8.01. The molecular weight excluding hydrogens is 314 g/mol. The Morgan fingerprint density at radius 3 is 2.44 bits per heavy atom. The van der Waals surface area contributed by atoms with E-state index in [0.717, 1.165) is 38.5 Å². The van der Waals surface area contributed by atoms with Crippen LogP contribution in [0, 0.1) is 5.92 Å². The molecule has 2 aliphatic carbocycles. The maximum absolute atomic E-state index is 12.0. The topological polar surface area (TPSA) is 49.8 Å². The lowest BCUT2D eigenvalue weighted by atomic mass is 9.78. The average Bonchev–Trinajstić information content (AvgIpc) is 2.79. The van der Waals surface area contributed by atoms with E-state index in [1.54, 1.807) is 6.92 Å². The largest absolute Gasteiger partial charge is 0.391 e. The number of amides is 1. The molecule has 25 heavy (non-hydrogen) atoms. The normalized spacial score (nSPS) is 37.4. The lowest BCUT2D eigenvalue weighted by Gasteiger charge is -2.36. The number of carbonyl (C=O) groups is 1. The number of ether oxygens (including phenoxy) is 1. The molecule has 1 heterocycles. The molecule has 1 saturated heterocycles. The highest BCUT2D eigenvalue weighted by Gasteiger charge is 2.53. The van der Waals surface area contributed by atoms with Crippen LogP contribution in [0.1, 0.15) is 56.9 Å². The molecule has 0 bridgehead atoms. The molecule has 136 valence electrons. The molecule has 1 N–H and O–H groups in total. The molecule has 4 atom stereocenters. The van der Waals surface area contributed by atoms with Gasteiger partial charge in [-0.1, -0.05) is 30.3 Å². The summed E-state index contributed by atoms with van der Waals surface area (Å²) in [5.41, 5.74) is 1.44. The predicted octanol–water partition coefficient (Wildman–Crippen LogP) is 3.10. The highest BCUT2D eigenvalue weighted by Crippen LogP contribution is 2.44. The third-order valence-electron chi connectivity index (χ3n) is 6.65. The Morgan fingerprint density at radius 1 is 1.12 bits per heavy atom. The molecule has 0 aromatic heterocycles. The van der Waals surface area contributed by atoms with Gasteiger partial charge in [-0.05, 0) is 50.0 Å². The Balaban J connectivity index is 1.30. The van der Waals surface area contributed by atoms with Crippen molar-refractivity contribution in [1.29, 1.82) is 0 Å². The van der Waals surface area contributed by atoms with Gasteiger partial charge < -0.3 is 14.7 Å². The molecule has 1 aromatic carbocycles. The summed E-state index contributed by atoms with van der Waals surface area (Å²) in [7, 11) is 0. The van der Waals surface area contributed by atoms with Gasteiger partial charge in [0.1, 0.15) is 0 Å². The number of fused-ring (bicyclic) bond motifs is 1. The summed E-state index contributed by atoms with van der Waals surface area (Å²) in [5, 5.41) is 10.5. The van der Waals surface area contributed by atoms with Crippen molar-refractivity contribution in [2.75, 3.05) is 6.61 Å². The Labute approximate surface area is 150 Å². The van der Waals surface area contributed by atoms with E-state index in [2.05, 4.69) is 30.3 Å². The third kappa shape index (κ3) is 3.22. The van der Waals surface area contributed by atoms with Gasteiger partial charge in [-0.15, -0.1) is 0 Å². The minimum Gasteiger partial charge on any atom is -0.391 e. The quantitative estimate of drug-likeness (QED) is 0.914. The van der Waals surface area contributed by atoms with Crippen molar-refractivity contribution < 1.29 is 14.6 Å². The zero-order valence-electron chi connectivity index (χ0n) is 15.0. The second-order valence-electron chi connectivity index (χ2n) is 8.01. The van der Waals surface area contributed by atoms with Crippen LogP contribution in [0.3, 0.4) is 0 Å². The number of aliphatic hydroxyl groups is 1. The maximum Gasteiger partial charge on any atom is 0.220 e. The standard InChI is InChI=1S/C21H29NO3/c1-14(23)22-19-12-11-18(19)21(24)20(22)13-25-17-9-7-16(8-10-17)15-5-3-2-4-6-15/h2-6,16-21,24H,7-13H2,1H3/t16?,17?,18-,19+,20-,21?/m0/s1. The van der Waals surface area contributed by atoms with Crippen molar-refractivity contribution in [3.63, 3.8) is 0 Å². The van der Waals surface area contributed by atoms with Gasteiger partial charge in [0.2, 0.25) is 5.91 Å². The molecule has 4 heteroatoms. The molecule has 1 amide bonds. The van der Waals surface area contributed by atoms with Crippen LogP contribution in [0.2, 0.25) is 0 Å². The van der Waals surface area contributed by atoms with Crippen molar-refractivity contribution in [1.82, 2.24) is 4.90 Å². The van der Waals surface area contributed by atoms with Gasteiger partial charge in [0, 0.05) is 18.9 Å². The first kappa shape index (κ1) is 17.0. The summed E-state index contributed by atoms with van der Waals surface area (Å²) in [6, 6.07) is 10.8. The first-order valence-corrected chi connectivity index (χ1v) is 9.78. The Kier molecular flexibility index (Phi) is 4.83. The zero-order valence-corrected chi connectivity index (χ0v) is 15.0. The fourth-order valence-electron chi connectivity index (χ4n) is 5.12. The lowest BCUT2D eigenvalue weighted by Crippen LogP contribution is -2.46. The number of aliphatic hydroxyl groups excluding tert-OH is 1. The van der Waals surface area contributed by atoms with Crippen LogP contribution < -0.4 is 0 Å². The van der Waals surface area contributed by atoms with E-state index in [1.165, 1.54) is 5.56 Å². The molecule has 1 aliphatic heterocycles. The monoisotopic (exact) mass is 343 g/mol. The van der Waals surface area contributed by atoms with Crippen LogP contribution in [-0.4, -0.2) is 46.8 Å². The number of carbonyl (C=O) groups excluding carboxylic acids is 1. The van der Waals surface area contributed by atoms with Gasteiger partial charge in [-0.3, -0.25) is 4.79 Å². The number of hydrogen-bond acceptors (Lipinski definition) is 3. The van der Waals surface area contributed by atoms with E-state index in [9.17, 15) is 9.90 Å². The van der Waals surface area contributed by atoms with Crippen LogP contribution in [0.15, 0.2) is 30.3 Å². The minimum atomic E-state index is -0.414. The number of rotatable bonds is 4. The van der Waals surface area contributed by atoms with E-state index in [1.807, 2.05) is 4.90 Å². The van der Waals surface area contributed by atoms with E-state index < -0.39 is 6.10 Å². The first-order valence-electron chi connectivity index (χ1n) is 9.78. The number of nitrogens with zero attached hydrogens (tertiary/aromatic N) is 1. The Bertz CT molecular complexity index is 596. The van der Waals surface area contributed by atoms with E-state index in [0.29, 0.717) is 12.5 Å². The Morgan fingerprint density at radius 2 is 1.84 bits per heavy atom. The summed E-state index contributed by atoms with van der Waals surface area (Å²) in [5.74, 6) is 0.988. The second kappa shape index (κ2) is 7.08. The summed E-state index contributed by atoms with van der Waals surface area (Å²) >= 11 is 0. The molecule has 4 rings (SSSR count).